The van der Waals surface area contributed by atoms with E-state index in [1.165, 1.54) is 0 Å². The summed E-state index contributed by atoms with van der Waals surface area (Å²) in [5.41, 5.74) is 0. The molecule has 0 saturated heterocycles. The van der Waals surface area contributed by atoms with Crippen LogP contribution >= 0.6 is 15.9 Å². The zero-order valence-corrected chi connectivity index (χ0v) is 11.4. The Morgan fingerprint density at radius 1 is 1.53 bits per heavy atom. The van der Waals surface area contributed by atoms with Crippen LogP contribution < -0.4 is 4.72 Å². The number of aromatic nitrogens is 2. The quantitative estimate of drug-likeness (QED) is 0.799. The molecule has 2 aromatic heterocycles. The number of aromatic carboxylic acids is 1. The molecule has 0 aliphatic rings. The molecule has 0 spiro atoms. The summed E-state index contributed by atoms with van der Waals surface area (Å²) in [6, 6.07) is 0.894. The van der Waals surface area contributed by atoms with E-state index in [2.05, 4.69) is 35.3 Å². The van der Waals surface area contributed by atoms with Crippen molar-refractivity contribution < 1.29 is 27.3 Å². The predicted molar refractivity (Wildman–Crippen MR) is 61.7 cm³/mol. The number of sulfonamides is 1. The van der Waals surface area contributed by atoms with Gasteiger partial charge in [0.2, 0.25) is 22.2 Å². The van der Waals surface area contributed by atoms with Crippen LogP contribution in [0.4, 0.5) is 0 Å². The summed E-state index contributed by atoms with van der Waals surface area (Å²) < 4.78 is 35.0. The zero-order chi connectivity index (χ0) is 14.0. The SMILES string of the molecule is O=C(O)c1cc(S(=O)(=O)NCc2ncon2)c(Br)o1. The monoisotopic (exact) mass is 351 g/mol. The number of halogens is 1. The lowest BCUT2D eigenvalue weighted by molar-refractivity contribution is 0.0661. The van der Waals surface area contributed by atoms with Gasteiger partial charge in [0.05, 0.1) is 6.54 Å². The number of hydrogen-bond acceptors (Lipinski definition) is 7. The van der Waals surface area contributed by atoms with Crippen LogP contribution in [0.3, 0.4) is 0 Å². The standard InChI is InChI=1S/C8H6BrN3O6S/c9-7-5(1-4(18-7)8(13)14)19(15,16)11-2-6-10-3-17-12-6/h1,3,11H,2H2,(H,13,14). The van der Waals surface area contributed by atoms with Gasteiger partial charge in [0, 0.05) is 6.07 Å². The van der Waals surface area contributed by atoms with Crippen LogP contribution in [0.5, 0.6) is 0 Å². The van der Waals surface area contributed by atoms with Crippen LogP contribution in [0.15, 0.2) is 31.0 Å². The molecule has 102 valence electrons. The first kappa shape index (κ1) is 13.7. The third-order valence-electron chi connectivity index (χ3n) is 1.98. The van der Waals surface area contributed by atoms with E-state index in [4.69, 9.17) is 9.52 Å². The number of carboxylic acids is 1. The maximum atomic E-state index is 11.9. The van der Waals surface area contributed by atoms with Gasteiger partial charge >= 0.3 is 5.97 Å². The van der Waals surface area contributed by atoms with E-state index < -0.39 is 21.8 Å². The number of nitrogens with one attached hydrogen (secondary N) is 1. The lowest BCUT2D eigenvalue weighted by Crippen LogP contribution is -2.23. The van der Waals surface area contributed by atoms with Crippen molar-refractivity contribution in [3.05, 3.63) is 28.7 Å². The van der Waals surface area contributed by atoms with Crippen molar-refractivity contribution in [1.29, 1.82) is 0 Å². The van der Waals surface area contributed by atoms with E-state index in [0.29, 0.717) is 0 Å². The lowest BCUT2D eigenvalue weighted by Gasteiger charge is -2.01. The van der Waals surface area contributed by atoms with Crippen molar-refractivity contribution in [3.63, 3.8) is 0 Å². The highest BCUT2D eigenvalue weighted by molar-refractivity contribution is 9.10. The second kappa shape index (κ2) is 5.11. The molecular formula is C8H6BrN3O6S. The molecule has 0 amide bonds. The molecule has 11 heteroatoms. The number of nitrogens with zero attached hydrogens (tertiary/aromatic N) is 2. The second-order valence-corrected chi connectivity index (χ2v) is 5.68. The van der Waals surface area contributed by atoms with Crippen LogP contribution in [0.2, 0.25) is 0 Å². The Hall–Kier alpha value is -1.72. The highest BCUT2D eigenvalue weighted by Crippen LogP contribution is 2.26. The Morgan fingerprint density at radius 2 is 2.26 bits per heavy atom. The molecule has 0 unspecified atom stereocenters. The molecule has 9 nitrogen and oxygen atoms in total. The fraction of sp³-hybridized carbons (Fsp3) is 0.125. The minimum Gasteiger partial charge on any atom is -0.475 e. The van der Waals surface area contributed by atoms with Gasteiger partial charge in [0.25, 0.3) is 0 Å². The van der Waals surface area contributed by atoms with Gasteiger partial charge in [-0.15, -0.1) is 0 Å². The molecule has 0 aromatic carbocycles. The fourth-order valence-corrected chi connectivity index (χ4v) is 3.07. The molecule has 0 atom stereocenters. The van der Waals surface area contributed by atoms with Gasteiger partial charge < -0.3 is 14.0 Å². The zero-order valence-electron chi connectivity index (χ0n) is 9.03. The number of carboxylic acid groups (broad SMARTS) is 1. The van der Waals surface area contributed by atoms with Crippen LogP contribution in [0, 0.1) is 0 Å². The number of carbonyl (C=O) groups is 1. The summed E-state index contributed by atoms with van der Waals surface area (Å²) >= 11 is 2.84. The van der Waals surface area contributed by atoms with Gasteiger partial charge in [0.15, 0.2) is 10.5 Å². The van der Waals surface area contributed by atoms with E-state index in [1.807, 2.05) is 0 Å². The van der Waals surface area contributed by atoms with Crippen LogP contribution in [-0.2, 0) is 16.6 Å². The van der Waals surface area contributed by atoms with Crippen molar-refractivity contribution >= 4 is 31.9 Å². The second-order valence-electron chi connectivity index (χ2n) is 3.23. The maximum Gasteiger partial charge on any atom is 0.371 e. The largest absolute Gasteiger partial charge is 0.475 e. The van der Waals surface area contributed by atoms with Gasteiger partial charge in [-0.2, -0.15) is 4.98 Å². The Labute approximate surface area is 114 Å². The van der Waals surface area contributed by atoms with Crippen molar-refractivity contribution in [2.24, 2.45) is 0 Å². The fourth-order valence-electron chi connectivity index (χ4n) is 1.15. The molecule has 0 saturated carbocycles. The molecule has 2 heterocycles. The lowest BCUT2D eigenvalue weighted by atomic mass is 10.5. The van der Waals surface area contributed by atoms with Crippen molar-refractivity contribution in [3.8, 4) is 0 Å². The maximum absolute atomic E-state index is 11.9. The minimum absolute atomic E-state index is 0.140. The Balaban J connectivity index is 2.22. The third kappa shape index (κ3) is 3.00. The molecule has 0 aliphatic carbocycles. The molecule has 2 N–H and O–H groups in total. The van der Waals surface area contributed by atoms with Gasteiger partial charge in [-0.3, -0.25) is 0 Å². The van der Waals surface area contributed by atoms with Gasteiger partial charge in [-0.1, -0.05) is 5.16 Å². The van der Waals surface area contributed by atoms with E-state index in [1.54, 1.807) is 0 Å². The van der Waals surface area contributed by atoms with Crippen molar-refractivity contribution in [1.82, 2.24) is 14.9 Å². The molecule has 0 aliphatic heterocycles. The normalized spacial score (nSPS) is 11.6. The summed E-state index contributed by atoms with van der Waals surface area (Å²) in [6.07, 6.45) is 1.06. The van der Waals surface area contributed by atoms with E-state index in [-0.39, 0.29) is 21.9 Å². The molecular weight excluding hydrogens is 346 g/mol. The molecule has 0 bridgehead atoms. The Bertz CT molecular complexity index is 692. The summed E-state index contributed by atoms with van der Waals surface area (Å²) in [4.78, 5) is 14.0. The molecule has 0 radical (unpaired) electrons. The molecule has 2 rings (SSSR count). The summed E-state index contributed by atoms with van der Waals surface area (Å²) in [5, 5.41) is 12.1. The Morgan fingerprint density at radius 3 is 2.79 bits per heavy atom. The predicted octanol–water partition coefficient (Wildman–Crippen LogP) is 0.602. The van der Waals surface area contributed by atoms with E-state index in [0.717, 1.165) is 12.5 Å². The summed E-state index contributed by atoms with van der Waals surface area (Å²) in [6.45, 7) is -0.196. The average molecular weight is 352 g/mol. The highest BCUT2D eigenvalue weighted by atomic mass is 79.9. The van der Waals surface area contributed by atoms with Gasteiger partial charge in [-0.25, -0.2) is 17.9 Å². The summed E-state index contributed by atoms with van der Waals surface area (Å²) in [5.74, 6) is -1.73. The minimum atomic E-state index is -3.96. The number of furan rings is 1. The summed E-state index contributed by atoms with van der Waals surface area (Å²) in [7, 11) is -3.96. The van der Waals surface area contributed by atoms with Crippen molar-refractivity contribution in [2.75, 3.05) is 0 Å². The van der Waals surface area contributed by atoms with Crippen molar-refractivity contribution in [2.45, 2.75) is 11.4 Å². The smallest absolute Gasteiger partial charge is 0.371 e. The topological polar surface area (TPSA) is 136 Å². The molecule has 0 fully saturated rings. The first-order chi connectivity index (χ1) is 8.90. The molecule has 2 aromatic rings. The third-order valence-corrected chi connectivity index (χ3v) is 4.24. The van der Waals surface area contributed by atoms with Crippen LogP contribution in [-0.4, -0.2) is 29.6 Å². The first-order valence-corrected chi connectivity index (χ1v) is 6.95. The van der Waals surface area contributed by atoms with E-state index >= 15 is 0 Å². The van der Waals surface area contributed by atoms with Gasteiger partial charge in [0.1, 0.15) is 4.90 Å². The number of rotatable bonds is 5. The average Bonchev–Trinajstić information content (AvgIpc) is 2.95. The Kier molecular flexibility index (Phi) is 3.68. The van der Waals surface area contributed by atoms with Crippen LogP contribution in [0.25, 0.3) is 0 Å². The molecule has 19 heavy (non-hydrogen) atoms. The number of hydrogen-bond donors (Lipinski definition) is 2. The van der Waals surface area contributed by atoms with Gasteiger partial charge in [-0.05, 0) is 15.9 Å². The first-order valence-electron chi connectivity index (χ1n) is 4.67. The van der Waals surface area contributed by atoms with Crippen LogP contribution in [0.1, 0.15) is 16.4 Å². The highest BCUT2D eigenvalue weighted by Gasteiger charge is 2.25. The van der Waals surface area contributed by atoms with E-state index in [9.17, 15) is 13.2 Å².